The van der Waals surface area contributed by atoms with E-state index >= 15 is 0 Å². The number of carbonyl (C=O) groups is 2. The van der Waals surface area contributed by atoms with Crippen molar-refractivity contribution < 1.29 is 27.8 Å². The molecule has 2 N–H and O–H groups in total. The summed E-state index contributed by atoms with van der Waals surface area (Å²) in [5.41, 5.74) is 5.63. The molecule has 1 aliphatic carbocycles. The van der Waals surface area contributed by atoms with Gasteiger partial charge in [-0.2, -0.15) is 19.3 Å². The average molecular weight is 487 g/mol. The smallest absolute Gasteiger partial charge is 0.366 e. The summed E-state index contributed by atoms with van der Waals surface area (Å²) in [5, 5.41) is 18.6. The summed E-state index contributed by atoms with van der Waals surface area (Å²) in [6, 6.07) is 9.14. The average Bonchev–Trinajstić information content (AvgIpc) is 3.42. The Labute approximate surface area is 199 Å². The van der Waals surface area contributed by atoms with E-state index in [-0.39, 0.29) is 30.8 Å². The van der Waals surface area contributed by atoms with Gasteiger partial charge in [-0.3, -0.25) is 4.79 Å². The molecule has 0 spiro atoms. The summed E-state index contributed by atoms with van der Waals surface area (Å²) in [6.45, 7) is 0. The van der Waals surface area contributed by atoms with Crippen LogP contribution in [0.2, 0.25) is 0 Å². The van der Waals surface area contributed by atoms with Crippen LogP contribution in [0.25, 0.3) is 0 Å². The topological polar surface area (TPSA) is 123 Å². The fraction of sp³-hybridized carbons (Fsp3) is 0.583. The predicted molar refractivity (Wildman–Crippen MR) is 115 cm³/mol. The van der Waals surface area contributed by atoms with Crippen molar-refractivity contribution in [3.63, 3.8) is 0 Å². The number of amides is 1. The number of rotatable bonds is 5. The third-order valence-corrected chi connectivity index (χ3v) is 8.44. The molecule has 4 fully saturated rings. The zero-order chi connectivity index (χ0) is 25.1. The summed E-state index contributed by atoms with van der Waals surface area (Å²) in [5.74, 6) is -8.55. The van der Waals surface area contributed by atoms with E-state index in [2.05, 4.69) is 15.9 Å². The van der Waals surface area contributed by atoms with Crippen LogP contribution >= 0.6 is 0 Å². The lowest BCUT2D eigenvalue weighted by Gasteiger charge is -2.43. The fourth-order valence-electron chi connectivity index (χ4n) is 6.77. The van der Waals surface area contributed by atoms with Crippen molar-refractivity contribution in [3.8, 4) is 12.1 Å². The number of nitrogens with two attached hydrogens (primary N) is 1. The summed E-state index contributed by atoms with van der Waals surface area (Å²) >= 11 is 0. The zero-order valence-electron chi connectivity index (χ0n) is 18.7. The summed E-state index contributed by atoms with van der Waals surface area (Å²) in [4.78, 5) is 30.9. The number of nitriles is 2. The number of fused-ring (bicyclic) bond motifs is 3. The first-order chi connectivity index (χ1) is 16.7. The van der Waals surface area contributed by atoms with Crippen LogP contribution in [-0.4, -0.2) is 52.4 Å². The molecule has 3 heterocycles. The van der Waals surface area contributed by atoms with Crippen LogP contribution in [0.15, 0.2) is 24.3 Å². The lowest BCUT2D eigenvalue weighted by Crippen LogP contribution is -2.62. The molecule has 3 aliphatic heterocycles. The maximum absolute atomic E-state index is 14.9. The third kappa shape index (κ3) is 3.29. The molecule has 0 radical (unpaired) electrons. The number of carbonyl (C=O) groups excluding carboxylic acids is 2. The van der Waals surface area contributed by atoms with E-state index in [1.807, 2.05) is 18.2 Å². The van der Waals surface area contributed by atoms with Crippen LogP contribution < -0.4 is 10.6 Å². The van der Waals surface area contributed by atoms with Crippen LogP contribution in [0.4, 0.5) is 19.0 Å². The van der Waals surface area contributed by atoms with Crippen LogP contribution in [0, 0.1) is 34.5 Å². The molecule has 1 aromatic rings. The Morgan fingerprint density at radius 2 is 1.77 bits per heavy atom. The second-order valence-corrected chi connectivity index (χ2v) is 10.1. The van der Waals surface area contributed by atoms with E-state index in [9.17, 15) is 28.2 Å². The molecule has 4 aliphatic rings. The molecular weight excluding hydrogens is 463 g/mol. The molecule has 6 atom stereocenters. The highest BCUT2D eigenvalue weighted by molar-refractivity contribution is 5.88. The number of alkyl halides is 2. The fourth-order valence-corrected chi connectivity index (χ4v) is 6.77. The predicted octanol–water partition coefficient (Wildman–Crippen LogP) is 2.58. The molecule has 11 heteroatoms. The molecule has 5 rings (SSSR count). The highest BCUT2D eigenvalue weighted by Gasteiger charge is 2.81. The zero-order valence-corrected chi connectivity index (χ0v) is 18.7. The van der Waals surface area contributed by atoms with Crippen LogP contribution in [-0.2, 0) is 14.5 Å². The molecule has 1 amide bonds. The van der Waals surface area contributed by atoms with Crippen molar-refractivity contribution in [3.05, 3.63) is 29.8 Å². The quantitative estimate of drug-likeness (QED) is 0.677. The maximum atomic E-state index is 14.9. The van der Waals surface area contributed by atoms with Gasteiger partial charge in [0.05, 0.1) is 23.7 Å². The van der Waals surface area contributed by atoms with Gasteiger partial charge in [-0.1, -0.05) is 0 Å². The minimum atomic E-state index is -4.29. The minimum absolute atomic E-state index is 0.0213. The van der Waals surface area contributed by atoms with Crippen molar-refractivity contribution in [1.29, 1.82) is 10.5 Å². The Balaban J connectivity index is 1.36. The first-order valence-electron chi connectivity index (χ1n) is 11.7. The van der Waals surface area contributed by atoms with Crippen LogP contribution in [0.5, 0.6) is 0 Å². The summed E-state index contributed by atoms with van der Waals surface area (Å²) < 4.78 is 42.3. The first-order valence-corrected chi connectivity index (χ1v) is 11.7. The lowest BCUT2D eigenvalue weighted by atomic mass is 9.84. The second kappa shape index (κ2) is 8.13. The molecule has 35 heavy (non-hydrogen) atoms. The summed E-state index contributed by atoms with van der Waals surface area (Å²) in [7, 11) is 0. The van der Waals surface area contributed by atoms with Crippen molar-refractivity contribution >= 4 is 17.6 Å². The van der Waals surface area contributed by atoms with Gasteiger partial charge in [0.1, 0.15) is 11.6 Å². The Morgan fingerprint density at radius 1 is 1.14 bits per heavy atom. The van der Waals surface area contributed by atoms with Gasteiger partial charge in [-0.25, -0.2) is 9.74 Å². The Morgan fingerprint density at radius 3 is 2.31 bits per heavy atom. The van der Waals surface area contributed by atoms with Crippen molar-refractivity contribution in [2.75, 3.05) is 4.90 Å². The molecule has 184 valence electrons. The van der Waals surface area contributed by atoms with Gasteiger partial charge >= 0.3 is 11.9 Å². The van der Waals surface area contributed by atoms with Gasteiger partial charge in [-0.05, 0) is 74.6 Å². The van der Waals surface area contributed by atoms with Gasteiger partial charge in [0.2, 0.25) is 5.91 Å². The molecule has 0 aromatic heterocycles. The van der Waals surface area contributed by atoms with Gasteiger partial charge in [-0.15, -0.1) is 0 Å². The Kier molecular flexibility index (Phi) is 5.44. The number of hydrogen-bond donors (Lipinski definition) is 1. The Hall–Kier alpha value is -3.31. The first kappa shape index (κ1) is 23.4. The van der Waals surface area contributed by atoms with Gasteiger partial charge < -0.3 is 15.5 Å². The monoisotopic (exact) mass is 487 g/mol. The number of nitrogens with zero attached hydrogens (tertiary/aromatic N) is 4. The number of halogens is 3. The van der Waals surface area contributed by atoms with Gasteiger partial charge in [0, 0.05) is 22.3 Å². The molecule has 2 bridgehead atoms. The largest absolute Gasteiger partial charge is 0.420 e. The van der Waals surface area contributed by atoms with E-state index in [1.54, 1.807) is 12.1 Å². The Bertz CT molecular complexity index is 1120. The highest BCUT2D eigenvalue weighted by atomic mass is 19.3. The van der Waals surface area contributed by atoms with Crippen molar-refractivity contribution in [2.45, 2.75) is 74.2 Å². The normalized spacial score (nSPS) is 33.9. The standard InChI is InChI=1S/C24H24F3N5O3/c25-24(26,22(34)35-27)23-10-15(23)9-19(12-29)32(23)21(33)20(30)14-7-17-5-6-18(8-14)31(17)16-3-1-13(11-28)2-4-16/h1-4,14-15,17-20H,5-10,30H2/t14?,15-,17?,18?,19+,20+,23-/m1/s1. The van der Waals surface area contributed by atoms with Gasteiger partial charge in [0.15, 0.2) is 0 Å². The number of benzene rings is 1. The SMILES string of the molecule is N#Cc1ccc(N2C3CCC2CC([C@H](N)C(=O)N2[C@H](C#N)C[C@@H]4C[C@]42C(F)(F)C(=O)OF)C3)cc1. The highest BCUT2D eigenvalue weighted by Crippen LogP contribution is 2.65. The van der Waals surface area contributed by atoms with E-state index in [4.69, 9.17) is 11.0 Å². The minimum Gasteiger partial charge on any atom is -0.366 e. The second-order valence-electron chi connectivity index (χ2n) is 10.1. The number of likely N-dealkylation sites (tertiary alicyclic amines) is 1. The molecule has 2 unspecified atom stereocenters. The van der Waals surface area contributed by atoms with E-state index < -0.39 is 41.3 Å². The van der Waals surface area contributed by atoms with E-state index in [1.165, 1.54) is 0 Å². The number of hydrogen-bond acceptors (Lipinski definition) is 7. The van der Waals surface area contributed by atoms with Crippen LogP contribution in [0.3, 0.4) is 0 Å². The third-order valence-electron chi connectivity index (χ3n) is 8.44. The number of piperidine rings is 2. The summed E-state index contributed by atoms with van der Waals surface area (Å²) in [6.07, 6.45) is 2.67. The van der Waals surface area contributed by atoms with Crippen molar-refractivity contribution in [1.82, 2.24) is 4.90 Å². The molecular formula is C24H24F3N5O3. The lowest BCUT2D eigenvalue weighted by molar-refractivity contribution is -0.222. The van der Waals surface area contributed by atoms with Crippen molar-refractivity contribution in [2.24, 2.45) is 17.6 Å². The van der Waals surface area contributed by atoms with E-state index in [0.717, 1.165) is 23.4 Å². The molecule has 1 saturated carbocycles. The maximum Gasteiger partial charge on any atom is 0.420 e. The molecule has 1 aromatic carbocycles. The van der Waals surface area contributed by atoms with E-state index in [0.29, 0.717) is 18.4 Å². The van der Waals surface area contributed by atoms with Gasteiger partial charge in [0.25, 0.3) is 0 Å². The molecule has 8 nitrogen and oxygen atoms in total. The molecule has 3 saturated heterocycles. The van der Waals surface area contributed by atoms with Crippen LogP contribution in [0.1, 0.15) is 44.1 Å². The number of anilines is 1.